The van der Waals surface area contributed by atoms with Crippen molar-refractivity contribution in [3.05, 3.63) is 54.0 Å². The first-order chi connectivity index (χ1) is 17.2. The molecule has 0 radical (unpaired) electrons. The van der Waals surface area contributed by atoms with E-state index in [0.29, 0.717) is 35.7 Å². The molecule has 1 aromatic carbocycles. The summed E-state index contributed by atoms with van der Waals surface area (Å²) >= 11 is 0. The first kappa shape index (κ1) is 24.2. The molecule has 2 aliphatic rings. The highest BCUT2D eigenvalue weighted by molar-refractivity contribution is 7.77. The third kappa shape index (κ3) is 4.67. The summed E-state index contributed by atoms with van der Waals surface area (Å²) in [5, 5.41) is 6.49. The van der Waals surface area contributed by atoms with Crippen LogP contribution < -0.4 is 20.7 Å². The third-order valence-electron chi connectivity index (χ3n) is 6.10. The van der Waals surface area contributed by atoms with Gasteiger partial charge in [0.15, 0.2) is 7.14 Å². The predicted octanol–water partition coefficient (Wildman–Crippen LogP) is 5.96. The third-order valence-corrected chi connectivity index (χ3v) is 8.34. The Kier molecular flexibility index (Phi) is 6.20. The summed E-state index contributed by atoms with van der Waals surface area (Å²) in [6.07, 6.45) is 3.06. The Hall–Kier alpha value is -3.46. The summed E-state index contributed by atoms with van der Waals surface area (Å²) in [6, 6.07) is 5.62. The summed E-state index contributed by atoms with van der Waals surface area (Å²) in [5.74, 6) is 4.05. The van der Waals surface area contributed by atoms with Gasteiger partial charge in [0.2, 0.25) is 5.95 Å². The number of rotatable bonds is 8. The molecule has 3 N–H and O–H groups in total. The van der Waals surface area contributed by atoms with E-state index in [9.17, 15) is 17.7 Å². The Labute approximate surface area is 206 Å². The van der Waals surface area contributed by atoms with Crippen molar-refractivity contribution in [2.24, 2.45) is 0 Å². The van der Waals surface area contributed by atoms with Gasteiger partial charge in [-0.15, -0.1) is 0 Å². The van der Waals surface area contributed by atoms with Crippen molar-refractivity contribution >= 4 is 40.9 Å². The van der Waals surface area contributed by atoms with Gasteiger partial charge in [0.25, 0.3) is 0 Å². The number of alkyl halides is 3. The zero-order valence-corrected chi connectivity index (χ0v) is 20.7. The molecule has 1 saturated carbocycles. The Bertz CT molecular complexity index is 1380. The number of fused-ring (bicyclic) bond motifs is 1. The van der Waals surface area contributed by atoms with Gasteiger partial charge in [0.1, 0.15) is 17.2 Å². The van der Waals surface area contributed by atoms with Crippen LogP contribution in [0.4, 0.5) is 30.6 Å². The molecule has 0 saturated heterocycles. The van der Waals surface area contributed by atoms with Gasteiger partial charge in [-0.1, -0.05) is 6.92 Å². The topological polar surface area (TPSA) is 95.2 Å². The summed E-state index contributed by atoms with van der Waals surface area (Å²) in [5.41, 5.74) is -0.292. The fraction of sp³-hybridized carbons (Fsp3) is 0.333. The van der Waals surface area contributed by atoms with Gasteiger partial charge in [-0.25, -0.2) is 0 Å². The minimum atomic E-state index is -4.55. The maximum atomic E-state index is 13.5. The van der Waals surface area contributed by atoms with E-state index in [-0.39, 0.29) is 22.8 Å². The number of hydrogen-bond donors (Lipinski definition) is 3. The minimum Gasteiger partial charge on any atom is -0.495 e. The lowest BCUT2D eigenvalue weighted by atomic mass is 10.2. The second-order valence-corrected chi connectivity index (χ2v) is 11.3. The van der Waals surface area contributed by atoms with E-state index in [0.717, 1.165) is 19.0 Å². The van der Waals surface area contributed by atoms with Gasteiger partial charge in [-0.3, -0.25) is 0 Å². The second-order valence-electron chi connectivity index (χ2n) is 8.74. The van der Waals surface area contributed by atoms with E-state index >= 15 is 0 Å². The molecular formula is C24H26F3N6O2P. The predicted molar refractivity (Wildman–Crippen MR) is 134 cm³/mol. The average molecular weight is 518 g/mol. The Morgan fingerprint density at radius 1 is 1.22 bits per heavy atom. The monoisotopic (exact) mass is 518 g/mol. The molecule has 1 aliphatic carbocycles. The van der Waals surface area contributed by atoms with Crippen LogP contribution in [0.15, 0.2) is 48.4 Å². The molecule has 1 aliphatic heterocycles. The van der Waals surface area contributed by atoms with Crippen LogP contribution in [0.2, 0.25) is 0 Å². The van der Waals surface area contributed by atoms with E-state index in [1.807, 2.05) is 19.3 Å². The summed E-state index contributed by atoms with van der Waals surface area (Å²) in [4.78, 5) is 13.2. The molecule has 3 heterocycles. The lowest BCUT2D eigenvalue weighted by molar-refractivity contribution is -0.136. The standard InChI is InChI=1S/C24H26F3N6O2P/c1-3-8-28-21-20-17(24(25,26)27)14-29-22(20)32-23(31-21)30-18-7-6-16(13-19(18)35-2)36(34)11-9-33(10-12-36)15-4-5-15/h6-7,9-15H,3-5,8H2,1-2H3,(H3,28,29,30,31,32). The fourth-order valence-corrected chi connectivity index (χ4v) is 5.82. The van der Waals surface area contributed by atoms with Crippen molar-refractivity contribution in [3.8, 4) is 5.75 Å². The van der Waals surface area contributed by atoms with Gasteiger partial charge in [-0.05, 0) is 49.1 Å². The maximum Gasteiger partial charge on any atom is 0.418 e. The van der Waals surface area contributed by atoms with Gasteiger partial charge in [0, 0.05) is 36.5 Å². The molecule has 8 nitrogen and oxygen atoms in total. The number of nitrogens with one attached hydrogen (secondary N) is 3. The number of aromatic nitrogens is 3. The quantitative estimate of drug-likeness (QED) is 0.317. The number of benzene rings is 1. The molecule has 36 heavy (non-hydrogen) atoms. The van der Waals surface area contributed by atoms with Crippen molar-refractivity contribution in [1.82, 2.24) is 19.9 Å². The summed E-state index contributed by atoms with van der Waals surface area (Å²) < 4.78 is 59.6. The first-order valence-electron chi connectivity index (χ1n) is 11.6. The normalized spacial score (nSPS) is 17.0. The van der Waals surface area contributed by atoms with Gasteiger partial charge >= 0.3 is 6.18 Å². The molecule has 3 aromatic rings. The van der Waals surface area contributed by atoms with E-state index in [2.05, 4.69) is 30.5 Å². The van der Waals surface area contributed by atoms with Crippen LogP contribution in [0.5, 0.6) is 5.75 Å². The van der Waals surface area contributed by atoms with Crippen LogP contribution in [0.25, 0.3) is 11.0 Å². The molecule has 0 amide bonds. The van der Waals surface area contributed by atoms with Crippen LogP contribution in [0.3, 0.4) is 0 Å². The van der Waals surface area contributed by atoms with E-state index < -0.39 is 18.9 Å². The number of nitrogens with zero attached hydrogens (tertiary/aromatic N) is 3. The average Bonchev–Trinajstić information content (AvgIpc) is 3.60. The smallest absolute Gasteiger partial charge is 0.418 e. The molecule has 12 heteroatoms. The minimum absolute atomic E-state index is 0.0520. The zero-order chi connectivity index (χ0) is 25.5. The number of halogens is 3. The van der Waals surface area contributed by atoms with Crippen LogP contribution in [0.1, 0.15) is 31.7 Å². The van der Waals surface area contributed by atoms with E-state index in [1.165, 1.54) is 7.11 Å². The van der Waals surface area contributed by atoms with Crippen molar-refractivity contribution in [2.75, 3.05) is 24.3 Å². The van der Waals surface area contributed by atoms with Crippen molar-refractivity contribution < 1.29 is 22.5 Å². The molecular weight excluding hydrogens is 492 g/mol. The van der Waals surface area contributed by atoms with Crippen LogP contribution in [0, 0.1) is 0 Å². The second kappa shape index (κ2) is 9.20. The number of anilines is 3. The number of aromatic amines is 1. The molecule has 0 unspecified atom stereocenters. The van der Waals surface area contributed by atoms with Crippen molar-refractivity contribution in [1.29, 1.82) is 0 Å². The Morgan fingerprint density at radius 3 is 2.61 bits per heavy atom. The Balaban J connectivity index is 1.46. The van der Waals surface area contributed by atoms with Gasteiger partial charge in [0.05, 0.1) is 23.7 Å². The van der Waals surface area contributed by atoms with E-state index in [1.54, 1.807) is 29.8 Å². The largest absolute Gasteiger partial charge is 0.495 e. The van der Waals surface area contributed by atoms with Crippen LogP contribution >= 0.6 is 7.14 Å². The van der Waals surface area contributed by atoms with E-state index in [4.69, 9.17) is 4.74 Å². The highest BCUT2D eigenvalue weighted by Crippen LogP contribution is 2.51. The van der Waals surface area contributed by atoms with Crippen LogP contribution in [-0.4, -0.2) is 39.5 Å². The lowest BCUT2D eigenvalue weighted by Gasteiger charge is -2.22. The number of hydrogen-bond acceptors (Lipinski definition) is 7. The molecule has 1 fully saturated rings. The van der Waals surface area contributed by atoms with Gasteiger partial charge in [-0.2, -0.15) is 23.1 Å². The van der Waals surface area contributed by atoms with Crippen molar-refractivity contribution in [3.63, 3.8) is 0 Å². The van der Waals surface area contributed by atoms with Crippen molar-refractivity contribution in [2.45, 2.75) is 38.4 Å². The summed E-state index contributed by atoms with van der Waals surface area (Å²) in [6.45, 7) is 2.35. The molecule has 5 rings (SSSR count). The fourth-order valence-electron chi connectivity index (χ4n) is 4.04. The number of methoxy groups -OCH3 is 1. The molecule has 0 spiro atoms. The molecule has 0 atom stereocenters. The highest BCUT2D eigenvalue weighted by atomic mass is 31.2. The number of ether oxygens (including phenoxy) is 1. The molecule has 0 bridgehead atoms. The summed E-state index contributed by atoms with van der Waals surface area (Å²) in [7, 11) is -1.40. The highest BCUT2D eigenvalue weighted by Gasteiger charge is 2.36. The number of H-pyrrole nitrogens is 1. The molecule has 190 valence electrons. The Morgan fingerprint density at radius 2 is 1.97 bits per heavy atom. The first-order valence-corrected chi connectivity index (χ1v) is 13.5. The SMILES string of the molecule is CCCNc1nc(Nc2ccc(P3(=O)C=CN(C4CC4)C=C3)cc2OC)nc2[nH]cc(C(F)(F)F)c12. The van der Waals surface area contributed by atoms with Gasteiger partial charge < -0.3 is 29.8 Å². The lowest BCUT2D eigenvalue weighted by Crippen LogP contribution is -2.15. The maximum absolute atomic E-state index is 13.5. The molecule has 2 aromatic heterocycles. The van der Waals surface area contributed by atoms with Crippen LogP contribution in [-0.2, 0) is 10.7 Å². The zero-order valence-electron chi connectivity index (χ0n) is 19.8.